The van der Waals surface area contributed by atoms with Crippen LogP contribution in [0.25, 0.3) is 16.7 Å². The Labute approximate surface area is 249 Å². The molecule has 224 valence electrons. The van der Waals surface area contributed by atoms with Gasteiger partial charge in [-0.25, -0.2) is 17.6 Å². The zero-order valence-electron chi connectivity index (χ0n) is 24.9. The van der Waals surface area contributed by atoms with Crippen LogP contribution < -0.4 is 0 Å². The molecule has 0 aliphatic heterocycles. The third kappa shape index (κ3) is 6.68. The van der Waals surface area contributed by atoms with Crippen LogP contribution in [0.1, 0.15) is 88.7 Å². The van der Waals surface area contributed by atoms with Gasteiger partial charge in [-0.1, -0.05) is 93.3 Å². The number of hydrogen-bond acceptors (Lipinski definition) is 0. The summed E-state index contributed by atoms with van der Waals surface area (Å²) in [6.45, 7) is 5.93. The zero-order valence-corrected chi connectivity index (χ0v) is 24.9. The average Bonchev–Trinajstić information content (AvgIpc) is 3.02. The van der Waals surface area contributed by atoms with Crippen LogP contribution in [0.4, 0.5) is 17.6 Å². The molecular formula is C38H44F4. The van der Waals surface area contributed by atoms with Crippen molar-refractivity contribution in [2.75, 3.05) is 0 Å². The SMILES string of the molecule is C=CCCCc1ccc(-c2ccc(C3=CC=C(C4=CCC(C5CCC(CCC)CC5)CC4)C(F)C3F)cc2)c(F)c1F. The molecule has 3 unspecified atom stereocenters. The predicted molar refractivity (Wildman–Crippen MR) is 167 cm³/mol. The van der Waals surface area contributed by atoms with Crippen molar-refractivity contribution in [2.45, 2.75) is 96.3 Å². The Kier molecular flexibility index (Phi) is 10.2. The second-order valence-electron chi connectivity index (χ2n) is 12.5. The third-order valence-corrected chi connectivity index (χ3v) is 9.92. The number of allylic oxidation sites excluding steroid dienone is 7. The van der Waals surface area contributed by atoms with E-state index in [4.69, 9.17) is 0 Å². The minimum absolute atomic E-state index is 0.156. The van der Waals surface area contributed by atoms with Gasteiger partial charge >= 0.3 is 0 Å². The highest BCUT2D eigenvalue weighted by Crippen LogP contribution is 2.44. The van der Waals surface area contributed by atoms with Gasteiger partial charge in [0.2, 0.25) is 0 Å². The summed E-state index contributed by atoms with van der Waals surface area (Å²) in [6.07, 6.45) is 16.5. The Morgan fingerprint density at radius 3 is 2.17 bits per heavy atom. The molecule has 0 heterocycles. The van der Waals surface area contributed by atoms with Crippen LogP contribution in [0.15, 0.2) is 78.4 Å². The Balaban J connectivity index is 1.25. The highest BCUT2D eigenvalue weighted by molar-refractivity contribution is 5.76. The van der Waals surface area contributed by atoms with E-state index < -0.39 is 24.0 Å². The molecule has 0 aromatic heterocycles. The molecule has 5 rings (SSSR count). The quantitative estimate of drug-likeness (QED) is 0.150. The van der Waals surface area contributed by atoms with E-state index in [0.29, 0.717) is 41.0 Å². The molecule has 0 spiro atoms. The zero-order chi connectivity index (χ0) is 29.6. The maximum Gasteiger partial charge on any atom is 0.166 e. The summed E-state index contributed by atoms with van der Waals surface area (Å²) in [7, 11) is 0. The Bertz CT molecular complexity index is 1320. The lowest BCUT2D eigenvalue weighted by Crippen LogP contribution is -2.27. The van der Waals surface area contributed by atoms with E-state index in [1.165, 1.54) is 38.5 Å². The van der Waals surface area contributed by atoms with Crippen LogP contribution in [0.3, 0.4) is 0 Å². The van der Waals surface area contributed by atoms with Crippen LogP contribution in [0.5, 0.6) is 0 Å². The normalized spacial score (nSPS) is 26.3. The number of aryl methyl sites for hydroxylation is 1. The lowest BCUT2D eigenvalue weighted by molar-refractivity contribution is 0.186. The molecule has 42 heavy (non-hydrogen) atoms. The summed E-state index contributed by atoms with van der Waals surface area (Å²) in [5.74, 6) is 0.609. The minimum atomic E-state index is -1.77. The van der Waals surface area contributed by atoms with Crippen molar-refractivity contribution in [3.05, 3.63) is 101 Å². The Morgan fingerprint density at radius 1 is 0.810 bits per heavy atom. The van der Waals surface area contributed by atoms with Gasteiger partial charge in [0.15, 0.2) is 24.0 Å². The molecular weight excluding hydrogens is 532 g/mol. The van der Waals surface area contributed by atoms with Gasteiger partial charge in [-0.2, -0.15) is 0 Å². The number of unbranched alkanes of at least 4 members (excludes halogenated alkanes) is 1. The summed E-state index contributed by atoms with van der Waals surface area (Å²) < 4.78 is 60.5. The summed E-state index contributed by atoms with van der Waals surface area (Å²) >= 11 is 0. The van der Waals surface area contributed by atoms with Crippen molar-refractivity contribution in [3.8, 4) is 11.1 Å². The van der Waals surface area contributed by atoms with E-state index in [0.717, 1.165) is 43.1 Å². The smallest absolute Gasteiger partial charge is 0.166 e. The van der Waals surface area contributed by atoms with Gasteiger partial charge < -0.3 is 0 Å². The average molecular weight is 577 g/mol. The Hall–Kier alpha value is -2.88. The van der Waals surface area contributed by atoms with Crippen molar-refractivity contribution < 1.29 is 17.6 Å². The number of hydrogen-bond donors (Lipinski definition) is 0. The van der Waals surface area contributed by atoms with E-state index in [-0.39, 0.29) is 11.1 Å². The van der Waals surface area contributed by atoms with E-state index >= 15 is 8.78 Å². The first kappa shape index (κ1) is 30.6. The molecule has 1 saturated carbocycles. The fourth-order valence-electron chi connectivity index (χ4n) is 7.40. The van der Waals surface area contributed by atoms with Crippen LogP contribution in [-0.4, -0.2) is 12.3 Å². The number of benzene rings is 2. The molecule has 2 aromatic rings. The molecule has 0 bridgehead atoms. The number of halogens is 4. The summed E-state index contributed by atoms with van der Waals surface area (Å²) in [5, 5.41) is 0. The summed E-state index contributed by atoms with van der Waals surface area (Å²) in [5.41, 5.74) is 3.24. The molecule has 0 amide bonds. The van der Waals surface area contributed by atoms with E-state index in [1.807, 2.05) is 0 Å². The highest BCUT2D eigenvalue weighted by atomic mass is 19.2. The molecule has 3 atom stereocenters. The minimum Gasteiger partial charge on any atom is -0.239 e. The lowest BCUT2D eigenvalue weighted by atomic mass is 9.70. The molecule has 4 heteroatoms. The maximum atomic E-state index is 15.5. The van der Waals surface area contributed by atoms with Gasteiger partial charge in [-0.05, 0) is 103 Å². The first-order valence-corrected chi connectivity index (χ1v) is 16.0. The highest BCUT2D eigenvalue weighted by Gasteiger charge is 2.35. The maximum absolute atomic E-state index is 15.5. The van der Waals surface area contributed by atoms with Gasteiger partial charge in [0.05, 0.1) is 0 Å². The van der Waals surface area contributed by atoms with Crippen LogP contribution in [0.2, 0.25) is 0 Å². The fourth-order valence-corrected chi connectivity index (χ4v) is 7.40. The van der Waals surface area contributed by atoms with Crippen LogP contribution >= 0.6 is 0 Å². The van der Waals surface area contributed by atoms with Gasteiger partial charge in [-0.15, -0.1) is 6.58 Å². The molecule has 0 nitrogen and oxygen atoms in total. The van der Waals surface area contributed by atoms with Crippen LogP contribution in [-0.2, 0) is 6.42 Å². The van der Waals surface area contributed by atoms with Crippen LogP contribution in [0, 0.1) is 29.4 Å². The topological polar surface area (TPSA) is 0 Å². The Morgan fingerprint density at radius 2 is 1.50 bits per heavy atom. The largest absolute Gasteiger partial charge is 0.239 e. The second-order valence-corrected chi connectivity index (χ2v) is 12.5. The molecule has 2 aromatic carbocycles. The molecule has 1 fully saturated rings. The van der Waals surface area contributed by atoms with Gasteiger partial charge in [0.1, 0.15) is 0 Å². The summed E-state index contributed by atoms with van der Waals surface area (Å²) in [6, 6.07) is 9.81. The molecule has 0 saturated heterocycles. The van der Waals surface area contributed by atoms with Crippen molar-refractivity contribution in [2.24, 2.45) is 17.8 Å². The molecule has 0 N–H and O–H groups in total. The van der Waals surface area contributed by atoms with Crippen molar-refractivity contribution in [1.82, 2.24) is 0 Å². The molecule has 3 aliphatic rings. The van der Waals surface area contributed by atoms with E-state index in [9.17, 15) is 8.78 Å². The molecule has 0 radical (unpaired) electrons. The van der Waals surface area contributed by atoms with Gasteiger partial charge in [0.25, 0.3) is 0 Å². The first-order valence-electron chi connectivity index (χ1n) is 16.0. The standard InChI is InChI=1S/C38H44F4/c1-3-5-6-8-31-21-22-32(36(40)35(31)39)29-17-19-30(20-18-29)34-24-23-33(37(41)38(34)42)28-15-13-27(14-16-28)26-11-9-25(7-4-2)10-12-26/h3,15,17-27,37-38H,1,4-14,16H2,2H3. The van der Waals surface area contributed by atoms with Crippen molar-refractivity contribution in [1.29, 1.82) is 0 Å². The van der Waals surface area contributed by atoms with Crippen molar-refractivity contribution in [3.63, 3.8) is 0 Å². The fraction of sp³-hybridized carbons (Fsp3) is 0.474. The number of rotatable bonds is 10. The number of alkyl halides is 2. The monoisotopic (exact) mass is 576 g/mol. The van der Waals surface area contributed by atoms with E-state index in [1.54, 1.807) is 54.6 Å². The van der Waals surface area contributed by atoms with Crippen molar-refractivity contribution >= 4 is 5.57 Å². The van der Waals surface area contributed by atoms with Gasteiger partial charge in [0, 0.05) is 5.56 Å². The first-order chi connectivity index (χ1) is 20.4. The summed E-state index contributed by atoms with van der Waals surface area (Å²) in [4.78, 5) is 0. The molecule has 3 aliphatic carbocycles. The lowest BCUT2D eigenvalue weighted by Gasteiger charge is -2.36. The van der Waals surface area contributed by atoms with E-state index in [2.05, 4.69) is 19.6 Å². The predicted octanol–water partition coefficient (Wildman–Crippen LogP) is 11.5. The third-order valence-electron chi connectivity index (χ3n) is 9.92. The van der Waals surface area contributed by atoms with Gasteiger partial charge in [-0.3, -0.25) is 0 Å². The second kappa shape index (κ2) is 14.1.